The van der Waals surface area contributed by atoms with Crippen molar-refractivity contribution in [1.82, 2.24) is 15.6 Å². The zero-order chi connectivity index (χ0) is 21.2. The normalized spacial score (nSPS) is 26.8. The number of nitrogens with one attached hydrogen (secondary N) is 3. The minimum Gasteiger partial charge on any atom is -0.604 e. The van der Waals surface area contributed by atoms with Crippen LogP contribution < -0.4 is 16.0 Å². The van der Waals surface area contributed by atoms with Gasteiger partial charge < -0.3 is 20.9 Å². The highest BCUT2D eigenvalue weighted by Gasteiger charge is 2.48. The summed E-state index contributed by atoms with van der Waals surface area (Å²) in [6.07, 6.45) is -0.799. The number of rotatable bonds is 4. The summed E-state index contributed by atoms with van der Waals surface area (Å²) in [4.78, 5) is 47.5. The maximum absolute atomic E-state index is 13.6. The van der Waals surface area contributed by atoms with Crippen LogP contribution in [0.25, 0.3) is 0 Å². The minimum atomic E-state index is -1.24. The molecule has 11 heteroatoms. The van der Waals surface area contributed by atoms with Crippen molar-refractivity contribution in [3.05, 3.63) is 35.0 Å². The molecule has 2 fully saturated rings. The molecule has 2 aliphatic rings. The Kier molecular flexibility index (Phi) is 5.82. The number of carbonyl (C=O) groups is 4. The number of hydroxylamine groups is 2. The fraction of sp³-hybridized carbons (Fsp3) is 0.444. The van der Waals surface area contributed by atoms with E-state index in [1.54, 1.807) is 12.1 Å². The van der Waals surface area contributed by atoms with E-state index in [0.29, 0.717) is 5.69 Å². The van der Waals surface area contributed by atoms with Gasteiger partial charge in [0.2, 0.25) is 5.91 Å². The molecule has 4 N–H and O–H groups in total. The number of carboxylic acids is 1. The summed E-state index contributed by atoms with van der Waals surface area (Å²) in [7, 11) is 0. The number of benzene rings is 1. The summed E-state index contributed by atoms with van der Waals surface area (Å²) in [5, 5.41) is 32.1. The number of carboxylic acid groups (broad SMARTS) is 1. The van der Waals surface area contributed by atoms with Crippen molar-refractivity contribution < 1.29 is 29.0 Å². The van der Waals surface area contributed by atoms with Gasteiger partial charge >= 0.3 is 5.97 Å². The lowest BCUT2D eigenvalue weighted by atomic mass is 10.1. The maximum atomic E-state index is 13.6. The van der Waals surface area contributed by atoms with E-state index in [1.165, 1.54) is 19.1 Å². The molecule has 29 heavy (non-hydrogen) atoms. The van der Waals surface area contributed by atoms with Crippen LogP contribution in [-0.2, 0) is 14.4 Å². The standard InChI is InChI=1S/C18H23N5O6/c1-11(24)20-14-4-2-12(3-5-14)17(26)21-15-6-7-16(25)22-10-19-8-13(18(27)28)9-23(15,22)29/h2-5,13,15,19H,6-10H2,1H3,(H,20,24)(H,21,26)(H,27,28)/t13-,15?,23?/m0/s1. The van der Waals surface area contributed by atoms with Crippen LogP contribution in [0.3, 0.4) is 0 Å². The van der Waals surface area contributed by atoms with Crippen LogP contribution in [0.5, 0.6) is 0 Å². The van der Waals surface area contributed by atoms with Crippen LogP contribution in [0, 0.1) is 11.1 Å². The maximum Gasteiger partial charge on any atom is 0.313 e. The Morgan fingerprint density at radius 1 is 1.28 bits per heavy atom. The van der Waals surface area contributed by atoms with Crippen molar-refractivity contribution in [2.75, 3.05) is 25.1 Å². The van der Waals surface area contributed by atoms with Gasteiger partial charge in [0, 0.05) is 37.6 Å². The molecule has 0 aromatic heterocycles. The van der Waals surface area contributed by atoms with Gasteiger partial charge in [0.15, 0.2) is 6.17 Å². The third kappa shape index (κ3) is 4.36. The van der Waals surface area contributed by atoms with Crippen molar-refractivity contribution in [3.63, 3.8) is 0 Å². The lowest BCUT2D eigenvalue weighted by molar-refractivity contribution is -1.01. The summed E-state index contributed by atoms with van der Waals surface area (Å²) in [6, 6.07) is 6.13. The fourth-order valence-electron chi connectivity index (χ4n) is 3.59. The molecule has 0 spiro atoms. The van der Waals surface area contributed by atoms with Crippen molar-refractivity contribution in [3.8, 4) is 0 Å². The van der Waals surface area contributed by atoms with E-state index in [0.717, 1.165) is 5.01 Å². The molecule has 0 bridgehead atoms. The Labute approximate surface area is 166 Å². The van der Waals surface area contributed by atoms with Crippen molar-refractivity contribution >= 4 is 29.4 Å². The predicted octanol–water partition coefficient (Wildman–Crippen LogP) is -0.186. The van der Waals surface area contributed by atoms with Crippen LogP contribution >= 0.6 is 0 Å². The van der Waals surface area contributed by atoms with Crippen LogP contribution in [0.4, 0.5) is 5.69 Å². The minimum absolute atomic E-state index is 0.0621. The van der Waals surface area contributed by atoms with E-state index >= 15 is 0 Å². The van der Waals surface area contributed by atoms with Gasteiger partial charge in [-0.25, -0.2) is 4.76 Å². The SMILES string of the molecule is CC(=O)Nc1ccc(C(=O)NC2CCC(=O)N3CNC[C@H](C(=O)O)C[N+]23[O-])cc1. The molecule has 2 saturated heterocycles. The van der Waals surface area contributed by atoms with E-state index in [-0.39, 0.29) is 50.0 Å². The number of carbonyl (C=O) groups excluding carboxylic acids is 3. The monoisotopic (exact) mass is 405 g/mol. The summed E-state index contributed by atoms with van der Waals surface area (Å²) in [6.45, 7) is 0.991. The molecule has 0 aliphatic carbocycles. The average Bonchev–Trinajstić information content (AvgIpc) is 2.84. The smallest absolute Gasteiger partial charge is 0.313 e. The van der Waals surface area contributed by atoms with E-state index in [1.807, 2.05) is 0 Å². The number of aliphatic carboxylic acids is 1. The topological polar surface area (TPSA) is 151 Å². The van der Waals surface area contributed by atoms with Crippen molar-refractivity contribution in [1.29, 1.82) is 0 Å². The molecule has 1 aromatic rings. The third-order valence-corrected chi connectivity index (χ3v) is 5.06. The fourth-order valence-corrected chi connectivity index (χ4v) is 3.59. The number of hydrogen-bond donors (Lipinski definition) is 4. The number of amides is 3. The molecule has 2 heterocycles. The second kappa shape index (κ2) is 8.15. The number of nitrogens with zero attached hydrogens (tertiary/aromatic N) is 2. The van der Waals surface area contributed by atoms with Gasteiger partial charge in [0.1, 0.15) is 19.1 Å². The molecule has 2 unspecified atom stereocenters. The largest absolute Gasteiger partial charge is 0.604 e. The van der Waals surface area contributed by atoms with Crippen LogP contribution in [0.15, 0.2) is 24.3 Å². The Morgan fingerprint density at radius 3 is 2.59 bits per heavy atom. The number of hydrogen-bond acceptors (Lipinski definition) is 6. The Balaban J connectivity index is 1.79. The first-order valence-electron chi connectivity index (χ1n) is 9.22. The van der Waals surface area contributed by atoms with Gasteiger partial charge in [0.25, 0.3) is 11.8 Å². The lowest BCUT2D eigenvalue weighted by Gasteiger charge is -2.55. The van der Waals surface area contributed by atoms with Gasteiger partial charge in [-0.05, 0) is 24.3 Å². The molecule has 2 aliphatic heterocycles. The summed E-state index contributed by atoms with van der Waals surface area (Å²) >= 11 is 0. The number of anilines is 1. The first-order valence-corrected chi connectivity index (χ1v) is 9.22. The second-order valence-electron chi connectivity index (χ2n) is 7.17. The molecule has 0 radical (unpaired) electrons. The first kappa shape index (κ1) is 20.7. The average molecular weight is 405 g/mol. The molecular weight excluding hydrogens is 382 g/mol. The predicted molar refractivity (Wildman–Crippen MR) is 101 cm³/mol. The summed E-state index contributed by atoms with van der Waals surface area (Å²) in [5.74, 6) is -3.27. The van der Waals surface area contributed by atoms with Crippen LogP contribution in [-0.4, -0.2) is 64.5 Å². The number of quaternary nitrogens is 1. The van der Waals surface area contributed by atoms with Gasteiger partial charge in [-0.2, -0.15) is 5.01 Å². The van der Waals surface area contributed by atoms with Gasteiger partial charge in [0.05, 0.1) is 0 Å². The Morgan fingerprint density at radius 2 is 1.97 bits per heavy atom. The second-order valence-corrected chi connectivity index (χ2v) is 7.17. The number of fused-ring (bicyclic) bond motifs is 1. The van der Waals surface area contributed by atoms with E-state index in [2.05, 4.69) is 16.0 Å². The first-order chi connectivity index (χ1) is 13.7. The molecule has 11 nitrogen and oxygen atoms in total. The zero-order valence-corrected chi connectivity index (χ0v) is 15.9. The highest BCUT2D eigenvalue weighted by molar-refractivity contribution is 5.95. The zero-order valence-electron chi connectivity index (χ0n) is 15.9. The quantitative estimate of drug-likeness (QED) is 0.400. The molecule has 3 rings (SSSR count). The van der Waals surface area contributed by atoms with Crippen LogP contribution in [0.1, 0.15) is 30.1 Å². The summed E-state index contributed by atoms with van der Waals surface area (Å²) in [5.41, 5.74) is 0.801. The van der Waals surface area contributed by atoms with E-state index in [4.69, 9.17) is 0 Å². The molecule has 3 atom stereocenters. The molecule has 3 amide bonds. The van der Waals surface area contributed by atoms with Gasteiger partial charge in [-0.15, -0.1) is 0 Å². The highest BCUT2D eigenvalue weighted by atomic mass is 16.6. The Bertz CT molecular complexity index is 829. The lowest BCUT2D eigenvalue weighted by Crippen LogP contribution is -2.71. The van der Waals surface area contributed by atoms with Crippen molar-refractivity contribution in [2.24, 2.45) is 5.92 Å². The van der Waals surface area contributed by atoms with Crippen LogP contribution in [0.2, 0.25) is 0 Å². The molecular formula is C18H23N5O6. The Hall–Kier alpha value is -3.02. The van der Waals surface area contributed by atoms with Gasteiger partial charge in [-0.3, -0.25) is 24.5 Å². The molecule has 1 aromatic carbocycles. The van der Waals surface area contributed by atoms with Crippen molar-refractivity contribution in [2.45, 2.75) is 25.9 Å². The van der Waals surface area contributed by atoms with E-state index < -0.39 is 28.7 Å². The molecule has 156 valence electrons. The van der Waals surface area contributed by atoms with Gasteiger partial charge in [-0.1, -0.05) is 0 Å². The van der Waals surface area contributed by atoms with E-state index in [9.17, 15) is 29.5 Å². The third-order valence-electron chi connectivity index (χ3n) is 5.06. The highest BCUT2D eigenvalue weighted by Crippen LogP contribution is 2.29. The molecule has 0 saturated carbocycles. The summed E-state index contributed by atoms with van der Waals surface area (Å²) < 4.78 is -1.24.